The van der Waals surface area contributed by atoms with Crippen LogP contribution in [0.25, 0.3) is 0 Å². The van der Waals surface area contributed by atoms with Crippen LogP contribution in [0.15, 0.2) is 24.3 Å². The Labute approximate surface area is 140 Å². The zero-order valence-electron chi connectivity index (χ0n) is 12.8. The Morgan fingerprint density at radius 2 is 1.86 bits per heavy atom. The number of carbonyl (C=O) groups is 1. The summed E-state index contributed by atoms with van der Waals surface area (Å²) in [5.41, 5.74) is 0.883. The monoisotopic (exact) mass is 340 g/mol. The summed E-state index contributed by atoms with van der Waals surface area (Å²) in [5.74, 6) is -0.328. The first-order chi connectivity index (χ1) is 10.5. The average Bonchev–Trinajstić information content (AvgIpc) is 3.02. The first-order valence-electron chi connectivity index (χ1n) is 7.49. The molecular formula is C16H21FN2OS2. The molecular weight excluding hydrogens is 319 g/mol. The van der Waals surface area contributed by atoms with Gasteiger partial charge >= 0.3 is 0 Å². The SMILES string of the molecule is CC(SC(=S)N1CCCC1)C(=O)NC(C)c1ccc(F)cc1. The van der Waals surface area contributed by atoms with Crippen LogP contribution in [0.3, 0.4) is 0 Å². The number of amides is 1. The van der Waals surface area contributed by atoms with Crippen LogP contribution in [-0.4, -0.2) is 33.5 Å². The number of halogens is 1. The molecule has 2 rings (SSSR count). The molecule has 1 aliphatic heterocycles. The van der Waals surface area contributed by atoms with Gasteiger partial charge in [-0.05, 0) is 44.4 Å². The number of likely N-dealkylation sites (tertiary alicyclic amines) is 1. The van der Waals surface area contributed by atoms with Crippen molar-refractivity contribution in [2.75, 3.05) is 13.1 Å². The van der Waals surface area contributed by atoms with Crippen LogP contribution in [0.4, 0.5) is 4.39 Å². The maximum absolute atomic E-state index is 12.9. The molecule has 1 heterocycles. The molecule has 1 aromatic carbocycles. The van der Waals surface area contributed by atoms with Gasteiger partial charge in [0.05, 0.1) is 11.3 Å². The van der Waals surface area contributed by atoms with Gasteiger partial charge in [-0.3, -0.25) is 4.79 Å². The first-order valence-corrected chi connectivity index (χ1v) is 8.77. The lowest BCUT2D eigenvalue weighted by atomic mass is 10.1. The Bertz CT molecular complexity index is 529. The second-order valence-electron chi connectivity index (χ2n) is 5.50. The number of benzene rings is 1. The first kappa shape index (κ1) is 17.2. The zero-order chi connectivity index (χ0) is 16.1. The van der Waals surface area contributed by atoms with Crippen LogP contribution in [0.1, 0.15) is 38.3 Å². The topological polar surface area (TPSA) is 32.3 Å². The molecule has 1 aromatic rings. The van der Waals surface area contributed by atoms with Crippen molar-refractivity contribution in [2.45, 2.75) is 38.0 Å². The third kappa shape index (κ3) is 4.68. The highest BCUT2D eigenvalue weighted by atomic mass is 32.2. The van der Waals surface area contributed by atoms with Crippen molar-refractivity contribution in [1.29, 1.82) is 0 Å². The van der Waals surface area contributed by atoms with E-state index < -0.39 is 0 Å². The summed E-state index contributed by atoms with van der Waals surface area (Å²) in [5, 5.41) is 2.71. The molecule has 3 nitrogen and oxygen atoms in total. The van der Waals surface area contributed by atoms with E-state index in [0.29, 0.717) is 0 Å². The predicted molar refractivity (Wildman–Crippen MR) is 93.4 cm³/mol. The largest absolute Gasteiger partial charge is 0.358 e. The quantitative estimate of drug-likeness (QED) is 0.850. The number of thioether (sulfide) groups is 1. The molecule has 0 aliphatic carbocycles. The summed E-state index contributed by atoms with van der Waals surface area (Å²) in [4.78, 5) is 14.4. The molecule has 2 atom stereocenters. The Morgan fingerprint density at radius 3 is 2.45 bits per heavy atom. The highest BCUT2D eigenvalue weighted by molar-refractivity contribution is 8.23. The number of carbonyl (C=O) groups excluding carboxylic acids is 1. The number of thiocarbonyl (C=S) groups is 1. The predicted octanol–water partition coefficient (Wildman–Crippen LogP) is 3.51. The number of hydrogen-bond acceptors (Lipinski definition) is 3. The molecule has 0 saturated carbocycles. The van der Waals surface area contributed by atoms with Gasteiger partial charge in [0.25, 0.3) is 0 Å². The molecule has 0 aromatic heterocycles. The minimum Gasteiger partial charge on any atom is -0.358 e. The maximum Gasteiger partial charge on any atom is 0.233 e. The van der Waals surface area contributed by atoms with Crippen molar-refractivity contribution in [1.82, 2.24) is 10.2 Å². The lowest BCUT2D eigenvalue weighted by Crippen LogP contribution is -2.35. The van der Waals surface area contributed by atoms with Gasteiger partial charge in [0.2, 0.25) is 5.91 Å². The highest BCUT2D eigenvalue weighted by Crippen LogP contribution is 2.21. The van der Waals surface area contributed by atoms with E-state index in [4.69, 9.17) is 12.2 Å². The summed E-state index contributed by atoms with van der Waals surface area (Å²) in [6, 6.07) is 6.02. The summed E-state index contributed by atoms with van der Waals surface area (Å²) in [6.45, 7) is 5.74. The third-order valence-electron chi connectivity index (χ3n) is 3.74. The Hall–Kier alpha value is -1.14. The van der Waals surface area contributed by atoms with Crippen LogP contribution in [0.5, 0.6) is 0 Å². The van der Waals surface area contributed by atoms with Gasteiger partial charge in [-0.15, -0.1) is 0 Å². The van der Waals surface area contributed by atoms with E-state index in [9.17, 15) is 9.18 Å². The fraction of sp³-hybridized carbons (Fsp3) is 0.500. The van der Waals surface area contributed by atoms with Crippen LogP contribution < -0.4 is 5.32 Å². The smallest absolute Gasteiger partial charge is 0.233 e. The lowest BCUT2D eigenvalue weighted by molar-refractivity contribution is -0.120. The van der Waals surface area contributed by atoms with Crippen LogP contribution in [-0.2, 0) is 4.79 Å². The fourth-order valence-electron chi connectivity index (χ4n) is 2.34. The van der Waals surface area contributed by atoms with Crippen molar-refractivity contribution in [2.24, 2.45) is 0 Å². The summed E-state index contributed by atoms with van der Waals surface area (Å²) in [7, 11) is 0. The summed E-state index contributed by atoms with van der Waals surface area (Å²) in [6.07, 6.45) is 2.34. The van der Waals surface area contributed by atoms with Gasteiger partial charge in [-0.25, -0.2) is 4.39 Å². The van der Waals surface area contributed by atoms with Gasteiger partial charge in [0.1, 0.15) is 10.1 Å². The molecule has 1 aliphatic rings. The van der Waals surface area contributed by atoms with Gasteiger partial charge in [-0.2, -0.15) is 0 Å². The molecule has 22 heavy (non-hydrogen) atoms. The van der Waals surface area contributed by atoms with Crippen molar-refractivity contribution >= 4 is 34.2 Å². The molecule has 0 radical (unpaired) electrons. The van der Waals surface area contributed by atoms with Gasteiger partial charge < -0.3 is 10.2 Å². The number of rotatable bonds is 4. The third-order valence-corrected chi connectivity index (χ3v) is 5.31. The second-order valence-corrected chi connectivity index (χ2v) is 7.48. The summed E-state index contributed by atoms with van der Waals surface area (Å²) >= 11 is 6.83. The molecule has 1 N–H and O–H groups in total. The minimum atomic E-state index is -0.276. The molecule has 0 spiro atoms. The molecule has 1 fully saturated rings. The van der Waals surface area contributed by atoms with Gasteiger partial charge in [-0.1, -0.05) is 36.1 Å². The molecule has 1 amide bonds. The Kier molecular flexibility index (Phi) is 6.20. The van der Waals surface area contributed by atoms with E-state index in [0.717, 1.165) is 23.0 Å². The average molecular weight is 340 g/mol. The van der Waals surface area contributed by atoms with E-state index in [1.54, 1.807) is 12.1 Å². The normalized spacial score (nSPS) is 17.1. The van der Waals surface area contributed by atoms with E-state index in [1.807, 2.05) is 13.8 Å². The maximum atomic E-state index is 12.9. The number of nitrogens with zero attached hydrogens (tertiary/aromatic N) is 1. The van der Waals surface area contributed by atoms with E-state index in [2.05, 4.69) is 10.2 Å². The van der Waals surface area contributed by atoms with Gasteiger partial charge in [0, 0.05) is 13.1 Å². The van der Waals surface area contributed by atoms with Crippen molar-refractivity contribution < 1.29 is 9.18 Å². The second kappa shape index (κ2) is 7.92. The minimum absolute atomic E-state index is 0.0524. The lowest BCUT2D eigenvalue weighted by Gasteiger charge is -2.22. The molecule has 1 saturated heterocycles. The summed E-state index contributed by atoms with van der Waals surface area (Å²) < 4.78 is 13.7. The van der Waals surface area contributed by atoms with E-state index in [-0.39, 0.29) is 23.0 Å². The van der Waals surface area contributed by atoms with Crippen molar-refractivity contribution in [3.05, 3.63) is 35.6 Å². The number of hydrogen-bond donors (Lipinski definition) is 1. The number of nitrogens with one attached hydrogen (secondary N) is 1. The Morgan fingerprint density at radius 1 is 1.27 bits per heavy atom. The van der Waals surface area contributed by atoms with Crippen LogP contribution >= 0.6 is 24.0 Å². The van der Waals surface area contributed by atoms with E-state index >= 15 is 0 Å². The molecule has 6 heteroatoms. The fourth-order valence-corrected chi connectivity index (χ4v) is 3.77. The van der Waals surface area contributed by atoms with Crippen molar-refractivity contribution in [3.63, 3.8) is 0 Å². The highest BCUT2D eigenvalue weighted by Gasteiger charge is 2.22. The van der Waals surface area contributed by atoms with E-state index in [1.165, 1.54) is 36.7 Å². The van der Waals surface area contributed by atoms with Crippen LogP contribution in [0, 0.1) is 5.82 Å². The van der Waals surface area contributed by atoms with Gasteiger partial charge in [0.15, 0.2) is 0 Å². The van der Waals surface area contributed by atoms with Crippen molar-refractivity contribution in [3.8, 4) is 0 Å². The zero-order valence-corrected chi connectivity index (χ0v) is 14.5. The molecule has 2 unspecified atom stereocenters. The molecule has 0 bridgehead atoms. The van der Waals surface area contributed by atoms with Crippen LogP contribution in [0.2, 0.25) is 0 Å². The standard InChI is InChI=1S/C16H21FN2OS2/c1-11(13-5-7-14(17)8-6-13)18-15(20)12(2)22-16(21)19-9-3-4-10-19/h5-8,11-12H,3-4,9-10H2,1-2H3,(H,18,20). The Balaban J connectivity index is 1.85. The molecule has 120 valence electrons.